The third-order valence-corrected chi connectivity index (χ3v) is 4.49. The van der Waals surface area contributed by atoms with Crippen LogP contribution in [0.1, 0.15) is 29.6 Å². The second kappa shape index (κ2) is 6.08. The summed E-state index contributed by atoms with van der Waals surface area (Å²) in [6, 6.07) is 1.31. The van der Waals surface area contributed by atoms with Gasteiger partial charge >= 0.3 is 0 Å². The molecule has 108 valence electrons. The molecule has 1 saturated carbocycles. The molecular formula is C12H16N4O3S. The number of nitrogens with two attached hydrogens (primary N) is 1. The lowest BCUT2D eigenvalue weighted by Gasteiger charge is -2.13. The van der Waals surface area contributed by atoms with Crippen molar-refractivity contribution in [1.29, 1.82) is 0 Å². The highest BCUT2D eigenvalue weighted by Crippen LogP contribution is 2.28. The summed E-state index contributed by atoms with van der Waals surface area (Å²) in [5.74, 6) is -0.369. The third-order valence-electron chi connectivity index (χ3n) is 3.40. The lowest BCUT2D eigenvalue weighted by molar-refractivity contribution is -0.385. The van der Waals surface area contributed by atoms with Crippen LogP contribution in [-0.2, 0) is 0 Å². The van der Waals surface area contributed by atoms with E-state index in [1.165, 1.54) is 6.07 Å². The molecule has 0 spiro atoms. The zero-order valence-electron chi connectivity index (χ0n) is 11.0. The first-order valence-electron chi connectivity index (χ1n) is 6.25. The summed E-state index contributed by atoms with van der Waals surface area (Å²) in [7, 11) is 0. The predicted molar refractivity (Wildman–Crippen MR) is 77.7 cm³/mol. The van der Waals surface area contributed by atoms with Gasteiger partial charge in [0.15, 0.2) is 0 Å². The molecule has 1 aromatic rings. The minimum Gasteiger partial charge on any atom is -0.384 e. The zero-order chi connectivity index (χ0) is 14.7. The Kier molecular flexibility index (Phi) is 4.43. The first-order valence-corrected chi connectivity index (χ1v) is 7.53. The first kappa shape index (κ1) is 14.6. The molecule has 0 saturated heterocycles. The highest BCUT2D eigenvalue weighted by molar-refractivity contribution is 7.99. The van der Waals surface area contributed by atoms with Gasteiger partial charge in [0.25, 0.3) is 11.6 Å². The predicted octanol–water partition coefficient (Wildman–Crippen LogP) is 1.59. The van der Waals surface area contributed by atoms with E-state index >= 15 is 0 Å². The maximum atomic E-state index is 12.2. The van der Waals surface area contributed by atoms with E-state index in [4.69, 9.17) is 5.73 Å². The molecule has 0 aliphatic heterocycles. The molecule has 1 aliphatic rings. The number of hydrogen-bond donors (Lipinski definition) is 2. The molecule has 0 aromatic carbocycles. The molecule has 20 heavy (non-hydrogen) atoms. The Morgan fingerprint density at radius 1 is 1.60 bits per heavy atom. The molecule has 8 heteroatoms. The summed E-state index contributed by atoms with van der Waals surface area (Å²) in [6.45, 7) is 0. The van der Waals surface area contributed by atoms with Crippen LogP contribution >= 0.6 is 11.8 Å². The number of carbonyl (C=O) groups is 1. The van der Waals surface area contributed by atoms with Crippen molar-refractivity contribution in [2.45, 2.75) is 30.6 Å². The number of nitro groups is 1. The number of nitrogen functional groups attached to an aromatic ring is 1. The van der Waals surface area contributed by atoms with Crippen molar-refractivity contribution in [2.24, 2.45) is 0 Å². The van der Waals surface area contributed by atoms with E-state index in [9.17, 15) is 14.9 Å². The van der Waals surface area contributed by atoms with E-state index in [1.807, 2.05) is 6.26 Å². The smallest absolute Gasteiger partial charge is 0.300 e. The molecule has 1 amide bonds. The summed E-state index contributed by atoms with van der Waals surface area (Å²) in [6.07, 6.45) is 5.90. The van der Waals surface area contributed by atoms with Crippen molar-refractivity contribution >= 4 is 29.2 Å². The van der Waals surface area contributed by atoms with Crippen LogP contribution in [0.5, 0.6) is 0 Å². The molecule has 0 radical (unpaired) electrons. The molecule has 2 rings (SSSR count). The maximum absolute atomic E-state index is 12.2. The minimum absolute atomic E-state index is 0.0323. The monoisotopic (exact) mass is 296 g/mol. The maximum Gasteiger partial charge on any atom is 0.300 e. The molecule has 1 aliphatic carbocycles. The zero-order valence-corrected chi connectivity index (χ0v) is 11.9. The highest BCUT2D eigenvalue weighted by atomic mass is 32.2. The van der Waals surface area contributed by atoms with E-state index in [0.29, 0.717) is 5.25 Å². The van der Waals surface area contributed by atoms with Crippen LogP contribution in [-0.4, -0.2) is 33.4 Å². The Bertz CT molecular complexity index is 537. The standard InChI is InChI=1S/C12H16N4O3S/c1-20-8-3-2-7(4-8)15-12(17)9-5-11(13)14-6-10(9)16(18)19/h5-8H,2-4H2,1H3,(H2,13,14)(H,15,17). The van der Waals surface area contributed by atoms with Gasteiger partial charge in [-0.3, -0.25) is 14.9 Å². The number of anilines is 1. The lowest BCUT2D eigenvalue weighted by Crippen LogP contribution is -2.33. The summed E-state index contributed by atoms with van der Waals surface area (Å²) in [5.41, 5.74) is 5.14. The molecule has 2 unspecified atom stereocenters. The van der Waals surface area contributed by atoms with Gasteiger partial charge in [0, 0.05) is 11.3 Å². The number of hydrogen-bond acceptors (Lipinski definition) is 6. The Labute approximate surface area is 120 Å². The van der Waals surface area contributed by atoms with Gasteiger partial charge in [0.1, 0.15) is 17.6 Å². The van der Waals surface area contributed by atoms with Crippen molar-refractivity contribution in [3.63, 3.8) is 0 Å². The largest absolute Gasteiger partial charge is 0.384 e. The van der Waals surface area contributed by atoms with Gasteiger partial charge in [-0.2, -0.15) is 11.8 Å². The van der Waals surface area contributed by atoms with Crippen LogP contribution in [0, 0.1) is 10.1 Å². The van der Waals surface area contributed by atoms with Crippen LogP contribution < -0.4 is 11.1 Å². The Morgan fingerprint density at radius 3 is 2.95 bits per heavy atom. The minimum atomic E-state index is -0.624. The van der Waals surface area contributed by atoms with Crippen LogP contribution in [0.25, 0.3) is 0 Å². The van der Waals surface area contributed by atoms with E-state index in [-0.39, 0.29) is 23.1 Å². The van der Waals surface area contributed by atoms with Gasteiger partial charge in [-0.15, -0.1) is 0 Å². The first-order chi connectivity index (χ1) is 9.51. The molecule has 1 aromatic heterocycles. The van der Waals surface area contributed by atoms with Gasteiger partial charge in [-0.05, 0) is 31.6 Å². The summed E-state index contributed by atoms with van der Waals surface area (Å²) in [4.78, 5) is 26.1. The molecule has 1 fully saturated rings. The van der Waals surface area contributed by atoms with Gasteiger partial charge < -0.3 is 11.1 Å². The van der Waals surface area contributed by atoms with Crippen LogP contribution in [0.2, 0.25) is 0 Å². The number of carbonyl (C=O) groups excluding carboxylic acids is 1. The molecule has 3 N–H and O–H groups in total. The number of nitrogens with zero attached hydrogens (tertiary/aromatic N) is 2. The second-order valence-corrected chi connectivity index (χ2v) is 5.86. The van der Waals surface area contributed by atoms with E-state index < -0.39 is 10.8 Å². The molecular weight excluding hydrogens is 280 g/mol. The van der Waals surface area contributed by atoms with Crippen LogP contribution in [0.15, 0.2) is 12.3 Å². The van der Waals surface area contributed by atoms with Crippen molar-refractivity contribution in [2.75, 3.05) is 12.0 Å². The topological polar surface area (TPSA) is 111 Å². The molecule has 2 atom stereocenters. The molecule has 0 bridgehead atoms. The van der Waals surface area contributed by atoms with Gasteiger partial charge in [0.05, 0.1) is 4.92 Å². The fourth-order valence-electron chi connectivity index (χ4n) is 2.34. The van der Waals surface area contributed by atoms with Gasteiger partial charge in [-0.1, -0.05) is 0 Å². The SMILES string of the molecule is CSC1CCC(NC(=O)c2cc(N)ncc2[N+](=O)[O-])C1. The normalized spacial score (nSPS) is 21.6. The van der Waals surface area contributed by atoms with Gasteiger partial charge in [-0.25, -0.2) is 4.98 Å². The van der Waals surface area contributed by atoms with E-state index in [1.54, 1.807) is 11.8 Å². The van der Waals surface area contributed by atoms with Gasteiger partial charge in [0.2, 0.25) is 0 Å². The van der Waals surface area contributed by atoms with Crippen molar-refractivity contribution in [3.8, 4) is 0 Å². The Hall–Kier alpha value is -1.83. The number of pyridine rings is 1. The fraction of sp³-hybridized carbons (Fsp3) is 0.500. The summed E-state index contributed by atoms with van der Waals surface area (Å²) < 4.78 is 0. The number of rotatable bonds is 4. The highest BCUT2D eigenvalue weighted by Gasteiger charge is 2.28. The Morgan fingerprint density at radius 2 is 2.35 bits per heavy atom. The van der Waals surface area contributed by atoms with E-state index in [0.717, 1.165) is 25.5 Å². The third kappa shape index (κ3) is 3.19. The van der Waals surface area contributed by atoms with Crippen molar-refractivity contribution in [3.05, 3.63) is 27.9 Å². The van der Waals surface area contributed by atoms with Crippen molar-refractivity contribution in [1.82, 2.24) is 10.3 Å². The summed E-state index contributed by atoms with van der Waals surface area (Å²) in [5, 5.41) is 14.3. The van der Waals surface area contributed by atoms with Crippen LogP contribution in [0.4, 0.5) is 11.5 Å². The number of amides is 1. The van der Waals surface area contributed by atoms with E-state index in [2.05, 4.69) is 10.3 Å². The number of nitrogens with one attached hydrogen (secondary N) is 1. The number of thioether (sulfide) groups is 1. The summed E-state index contributed by atoms with van der Waals surface area (Å²) >= 11 is 1.78. The average molecular weight is 296 g/mol. The van der Waals surface area contributed by atoms with Crippen LogP contribution in [0.3, 0.4) is 0 Å². The number of aromatic nitrogens is 1. The average Bonchev–Trinajstić information content (AvgIpc) is 2.85. The fourth-order valence-corrected chi connectivity index (χ4v) is 3.14. The Balaban J connectivity index is 2.13. The quantitative estimate of drug-likeness (QED) is 0.644. The molecule has 7 nitrogen and oxygen atoms in total. The molecule has 1 heterocycles. The lowest BCUT2D eigenvalue weighted by atomic mass is 10.1. The second-order valence-electron chi connectivity index (χ2n) is 4.72. The van der Waals surface area contributed by atoms with Crippen molar-refractivity contribution < 1.29 is 9.72 Å².